The lowest BCUT2D eigenvalue weighted by Crippen LogP contribution is -2.13. The van der Waals surface area contributed by atoms with Gasteiger partial charge >= 0.3 is 0 Å². The molecular weight excluding hydrogens is 292 g/mol. The number of nitrogen functional groups attached to an aromatic ring is 1. The van der Waals surface area contributed by atoms with E-state index in [4.69, 9.17) is 5.73 Å². The summed E-state index contributed by atoms with van der Waals surface area (Å²) in [7, 11) is 0. The second-order valence-electron chi connectivity index (χ2n) is 4.02. The number of nitrogens with two attached hydrogens (primary N) is 1. The molecule has 3 N–H and O–H groups in total. The van der Waals surface area contributed by atoms with Crippen LogP contribution in [0.25, 0.3) is 0 Å². The summed E-state index contributed by atoms with van der Waals surface area (Å²) in [4.78, 5) is 12.1. The van der Waals surface area contributed by atoms with Crippen LogP contribution in [0, 0.1) is 6.92 Å². The van der Waals surface area contributed by atoms with Gasteiger partial charge < -0.3 is 11.1 Å². The number of aryl methyl sites for hydroxylation is 1. The van der Waals surface area contributed by atoms with Gasteiger partial charge in [0.1, 0.15) is 0 Å². The lowest BCUT2D eigenvalue weighted by molar-refractivity contribution is 0.102. The zero-order valence-corrected chi connectivity index (χ0v) is 11.5. The average molecular weight is 305 g/mol. The summed E-state index contributed by atoms with van der Waals surface area (Å²) in [6.45, 7) is 1.95. The van der Waals surface area contributed by atoms with Crippen molar-refractivity contribution in [2.75, 3.05) is 11.1 Å². The summed E-state index contributed by atoms with van der Waals surface area (Å²) in [5.74, 6) is -0.182. The third-order valence-corrected chi connectivity index (χ3v) is 3.27. The van der Waals surface area contributed by atoms with Crippen LogP contribution in [-0.2, 0) is 0 Å². The minimum absolute atomic E-state index is 0.182. The zero-order chi connectivity index (χ0) is 13.1. The van der Waals surface area contributed by atoms with E-state index in [1.54, 1.807) is 12.1 Å². The Labute approximate surface area is 114 Å². The standard InChI is InChI=1S/C14H13BrN2O/c1-9-6-7-13(12(16)8-9)17-14(18)10-4-2-3-5-11(10)15/h2-8H,16H2,1H3,(H,17,18). The molecule has 0 aliphatic carbocycles. The minimum atomic E-state index is -0.182. The quantitative estimate of drug-likeness (QED) is 0.833. The molecule has 2 rings (SSSR count). The first-order chi connectivity index (χ1) is 8.58. The molecule has 0 saturated heterocycles. The number of carbonyl (C=O) groups is 1. The molecule has 2 aromatic rings. The number of amides is 1. The van der Waals surface area contributed by atoms with Gasteiger partial charge in [-0.05, 0) is 52.7 Å². The van der Waals surface area contributed by atoms with Crippen molar-refractivity contribution in [2.45, 2.75) is 6.92 Å². The molecule has 0 bridgehead atoms. The summed E-state index contributed by atoms with van der Waals surface area (Å²) in [5, 5.41) is 2.80. The largest absolute Gasteiger partial charge is 0.397 e. The highest BCUT2D eigenvalue weighted by Crippen LogP contribution is 2.22. The van der Waals surface area contributed by atoms with E-state index in [0.29, 0.717) is 16.9 Å². The normalized spacial score (nSPS) is 10.1. The van der Waals surface area contributed by atoms with E-state index in [0.717, 1.165) is 10.0 Å². The Morgan fingerprint density at radius 1 is 1.22 bits per heavy atom. The van der Waals surface area contributed by atoms with Crippen LogP contribution in [0.1, 0.15) is 15.9 Å². The number of halogens is 1. The fourth-order valence-corrected chi connectivity index (χ4v) is 2.10. The summed E-state index contributed by atoms with van der Waals surface area (Å²) < 4.78 is 0.758. The first-order valence-electron chi connectivity index (χ1n) is 5.50. The van der Waals surface area contributed by atoms with Crippen LogP contribution in [0.2, 0.25) is 0 Å². The van der Waals surface area contributed by atoms with Crippen molar-refractivity contribution in [1.82, 2.24) is 0 Å². The van der Waals surface area contributed by atoms with Gasteiger partial charge in [-0.15, -0.1) is 0 Å². The van der Waals surface area contributed by atoms with Crippen LogP contribution in [0.15, 0.2) is 46.9 Å². The molecule has 0 spiro atoms. The lowest BCUT2D eigenvalue weighted by Gasteiger charge is -2.09. The van der Waals surface area contributed by atoms with E-state index in [2.05, 4.69) is 21.2 Å². The fourth-order valence-electron chi connectivity index (χ4n) is 1.63. The van der Waals surface area contributed by atoms with Crippen LogP contribution in [-0.4, -0.2) is 5.91 Å². The topological polar surface area (TPSA) is 55.1 Å². The molecule has 3 nitrogen and oxygen atoms in total. The van der Waals surface area contributed by atoms with Crippen molar-refractivity contribution in [3.63, 3.8) is 0 Å². The van der Waals surface area contributed by atoms with Crippen LogP contribution in [0.3, 0.4) is 0 Å². The highest BCUT2D eigenvalue weighted by atomic mass is 79.9. The van der Waals surface area contributed by atoms with Gasteiger partial charge in [-0.3, -0.25) is 4.79 Å². The molecule has 0 heterocycles. The Kier molecular flexibility index (Phi) is 3.67. The highest BCUT2D eigenvalue weighted by molar-refractivity contribution is 9.10. The summed E-state index contributed by atoms with van der Waals surface area (Å²) >= 11 is 3.35. The molecule has 0 fully saturated rings. The monoisotopic (exact) mass is 304 g/mol. The van der Waals surface area contributed by atoms with Gasteiger partial charge in [0, 0.05) is 4.47 Å². The van der Waals surface area contributed by atoms with E-state index in [1.807, 2.05) is 37.3 Å². The van der Waals surface area contributed by atoms with Gasteiger partial charge in [-0.25, -0.2) is 0 Å². The molecule has 0 aromatic heterocycles. The van der Waals surface area contributed by atoms with Crippen molar-refractivity contribution in [1.29, 1.82) is 0 Å². The van der Waals surface area contributed by atoms with Gasteiger partial charge in [-0.1, -0.05) is 18.2 Å². The molecular formula is C14H13BrN2O. The first kappa shape index (κ1) is 12.6. The number of nitrogens with one attached hydrogen (secondary N) is 1. The molecule has 0 unspecified atom stereocenters. The third kappa shape index (κ3) is 2.71. The van der Waals surface area contributed by atoms with Crippen molar-refractivity contribution in [2.24, 2.45) is 0 Å². The first-order valence-corrected chi connectivity index (χ1v) is 6.29. The van der Waals surface area contributed by atoms with Gasteiger partial charge in [-0.2, -0.15) is 0 Å². The highest BCUT2D eigenvalue weighted by Gasteiger charge is 2.10. The number of rotatable bonds is 2. The second kappa shape index (κ2) is 5.23. The number of benzene rings is 2. The number of hydrogen-bond donors (Lipinski definition) is 2. The molecule has 0 saturated carbocycles. The lowest BCUT2D eigenvalue weighted by atomic mass is 10.1. The molecule has 1 amide bonds. The molecule has 18 heavy (non-hydrogen) atoms. The number of hydrogen-bond acceptors (Lipinski definition) is 2. The maximum atomic E-state index is 12.1. The van der Waals surface area contributed by atoms with Gasteiger partial charge in [0.05, 0.1) is 16.9 Å². The predicted molar refractivity (Wildman–Crippen MR) is 77.7 cm³/mol. The summed E-state index contributed by atoms with van der Waals surface area (Å²) in [6.07, 6.45) is 0. The Hall–Kier alpha value is -1.81. The molecule has 4 heteroatoms. The van der Waals surface area contributed by atoms with Crippen LogP contribution in [0.5, 0.6) is 0 Å². The van der Waals surface area contributed by atoms with E-state index < -0.39 is 0 Å². The maximum absolute atomic E-state index is 12.1. The van der Waals surface area contributed by atoms with Crippen molar-refractivity contribution >= 4 is 33.2 Å². The van der Waals surface area contributed by atoms with Crippen molar-refractivity contribution < 1.29 is 4.79 Å². The predicted octanol–water partition coefficient (Wildman–Crippen LogP) is 3.59. The molecule has 0 atom stereocenters. The van der Waals surface area contributed by atoms with Crippen LogP contribution < -0.4 is 11.1 Å². The zero-order valence-electron chi connectivity index (χ0n) is 9.91. The fraction of sp³-hybridized carbons (Fsp3) is 0.0714. The minimum Gasteiger partial charge on any atom is -0.397 e. The van der Waals surface area contributed by atoms with E-state index in [1.165, 1.54) is 0 Å². The Balaban J connectivity index is 2.24. The molecule has 92 valence electrons. The molecule has 2 aromatic carbocycles. The molecule has 0 radical (unpaired) electrons. The van der Waals surface area contributed by atoms with Crippen LogP contribution >= 0.6 is 15.9 Å². The van der Waals surface area contributed by atoms with E-state index >= 15 is 0 Å². The average Bonchev–Trinajstić information content (AvgIpc) is 2.33. The molecule has 0 aliphatic heterocycles. The van der Waals surface area contributed by atoms with Gasteiger partial charge in [0.25, 0.3) is 5.91 Å². The van der Waals surface area contributed by atoms with Crippen molar-refractivity contribution in [3.05, 3.63) is 58.1 Å². The Morgan fingerprint density at radius 3 is 2.61 bits per heavy atom. The number of carbonyl (C=O) groups excluding carboxylic acids is 1. The van der Waals surface area contributed by atoms with E-state index in [9.17, 15) is 4.79 Å². The number of anilines is 2. The third-order valence-electron chi connectivity index (χ3n) is 2.57. The summed E-state index contributed by atoms with van der Waals surface area (Å²) in [5.41, 5.74) is 8.69. The van der Waals surface area contributed by atoms with E-state index in [-0.39, 0.29) is 5.91 Å². The maximum Gasteiger partial charge on any atom is 0.256 e. The van der Waals surface area contributed by atoms with Gasteiger partial charge in [0.15, 0.2) is 0 Å². The SMILES string of the molecule is Cc1ccc(NC(=O)c2ccccc2Br)c(N)c1. The smallest absolute Gasteiger partial charge is 0.256 e. The molecule has 0 aliphatic rings. The second-order valence-corrected chi connectivity index (χ2v) is 4.88. The summed E-state index contributed by atoms with van der Waals surface area (Å²) in [6, 6.07) is 12.8. The van der Waals surface area contributed by atoms with Crippen molar-refractivity contribution in [3.8, 4) is 0 Å². The van der Waals surface area contributed by atoms with Gasteiger partial charge in [0.2, 0.25) is 0 Å². The Morgan fingerprint density at radius 2 is 1.94 bits per heavy atom. The Bertz CT molecular complexity index is 596. The van der Waals surface area contributed by atoms with Crippen LogP contribution in [0.4, 0.5) is 11.4 Å².